The largest absolute Gasteiger partial charge is 0.482 e. The van der Waals surface area contributed by atoms with Crippen molar-refractivity contribution in [2.24, 2.45) is 12.2 Å². The quantitative estimate of drug-likeness (QED) is 0.876. The van der Waals surface area contributed by atoms with Gasteiger partial charge in [0.2, 0.25) is 15.8 Å². The summed E-state index contributed by atoms with van der Waals surface area (Å²) in [7, 11) is -2.73. The molecule has 1 aromatic carbocycles. The van der Waals surface area contributed by atoms with Gasteiger partial charge in [-0.25, -0.2) is 22.9 Å². The van der Waals surface area contributed by atoms with E-state index in [1.54, 1.807) is 7.05 Å². The van der Waals surface area contributed by atoms with Crippen molar-refractivity contribution < 1.29 is 21.9 Å². The second kappa shape index (κ2) is 5.13. The summed E-state index contributed by atoms with van der Waals surface area (Å²) >= 11 is 0. The zero-order chi connectivity index (χ0) is 14.9. The molecule has 10 heteroatoms. The topological polar surface area (TPSA) is 100 Å². The third-order valence-corrected chi connectivity index (χ3v) is 3.41. The van der Waals surface area contributed by atoms with Crippen LogP contribution in [0.4, 0.5) is 8.78 Å². The first-order valence-corrected chi connectivity index (χ1v) is 6.82. The molecule has 0 spiro atoms. The van der Waals surface area contributed by atoms with Gasteiger partial charge in [-0.15, -0.1) is 0 Å². The van der Waals surface area contributed by atoms with Crippen LogP contribution in [0.15, 0.2) is 23.4 Å². The maximum absolute atomic E-state index is 13.7. The minimum atomic E-state index is -4.33. The number of nitrogens with zero attached hydrogens (tertiary/aromatic N) is 3. The van der Waals surface area contributed by atoms with Crippen LogP contribution >= 0.6 is 0 Å². The van der Waals surface area contributed by atoms with E-state index in [0.29, 0.717) is 5.82 Å². The van der Waals surface area contributed by atoms with Crippen molar-refractivity contribution in [2.75, 3.05) is 0 Å². The maximum atomic E-state index is 13.7. The van der Waals surface area contributed by atoms with Crippen LogP contribution in [0.5, 0.6) is 5.75 Å². The average Bonchev–Trinajstić information content (AvgIpc) is 2.75. The number of aryl methyl sites for hydroxylation is 1. The summed E-state index contributed by atoms with van der Waals surface area (Å²) in [5.74, 6) is -3.07. The van der Waals surface area contributed by atoms with E-state index in [4.69, 9.17) is 9.88 Å². The lowest BCUT2D eigenvalue weighted by molar-refractivity contribution is 0.269. The molecule has 0 unspecified atom stereocenters. The Morgan fingerprint density at radius 1 is 1.35 bits per heavy atom. The van der Waals surface area contributed by atoms with Crippen molar-refractivity contribution in [2.45, 2.75) is 11.5 Å². The standard InChI is InChI=1S/C10H10F2N4O3S/c1-16-8(14-5-15-16)4-19-6-2-3-7(20(13,17)18)10(12)9(6)11/h2-3,5H,4H2,1H3,(H2,13,17,18). The predicted molar refractivity (Wildman–Crippen MR) is 63.1 cm³/mol. The predicted octanol–water partition coefficient (Wildman–Crippen LogP) is 0.320. The molecule has 0 aliphatic rings. The molecule has 2 rings (SSSR count). The molecule has 2 aromatic rings. The Balaban J connectivity index is 2.27. The Morgan fingerprint density at radius 2 is 2.05 bits per heavy atom. The van der Waals surface area contributed by atoms with Crippen LogP contribution in [0.3, 0.4) is 0 Å². The third-order valence-electron chi connectivity index (χ3n) is 2.48. The molecule has 0 aliphatic heterocycles. The fourth-order valence-corrected chi connectivity index (χ4v) is 2.04. The minimum absolute atomic E-state index is 0.151. The Bertz CT molecular complexity index is 745. The number of nitrogens with two attached hydrogens (primary N) is 1. The summed E-state index contributed by atoms with van der Waals surface area (Å²) in [5, 5.41) is 8.53. The first kappa shape index (κ1) is 14.3. The summed E-state index contributed by atoms with van der Waals surface area (Å²) < 4.78 is 55.7. The summed E-state index contributed by atoms with van der Waals surface area (Å²) in [4.78, 5) is 2.90. The monoisotopic (exact) mass is 304 g/mol. The lowest BCUT2D eigenvalue weighted by atomic mass is 10.3. The molecule has 0 saturated heterocycles. The molecule has 108 valence electrons. The zero-order valence-corrected chi connectivity index (χ0v) is 11.1. The van der Waals surface area contributed by atoms with E-state index in [1.165, 1.54) is 11.0 Å². The molecule has 1 heterocycles. The summed E-state index contributed by atoms with van der Waals surface area (Å²) in [5.41, 5.74) is 0. The van der Waals surface area contributed by atoms with Crippen LogP contribution in [0.25, 0.3) is 0 Å². The van der Waals surface area contributed by atoms with E-state index in [2.05, 4.69) is 10.1 Å². The Kier molecular flexibility index (Phi) is 3.68. The van der Waals surface area contributed by atoms with Gasteiger partial charge in [0.05, 0.1) is 0 Å². The van der Waals surface area contributed by atoms with Gasteiger partial charge in [0.15, 0.2) is 17.4 Å². The SMILES string of the molecule is Cn1ncnc1COc1ccc(S(N)(=O)=O)c(F)c1F. The van der Waals surface area contributed by atoms with Gasteiger partial charge in [-0.3, -0.25) is 4.68 Å². The molecule has 0 saturated carbocycles. The van der Waals surface area contributed by atoms with Crippen LogP contribution in [0, 0.1) is 11.6 Å². The van der Waals surface area contributed by atoms with Crippen LogP contribution < -0.4 is 9.88 Å². The first-order chi connectivity index (χ1) is 9.30. The summed E-state index contributed by atoms with van der Waals surface area (Å²) in [6.45, 7) is -0.151. The Morgan fingerprint density at radius 3 is 2.60 bits per heavy atom. The number of aromatic nitrogens is 3. The second-order valence-electron chi connectivity index (χ2n) is 3.82. The first-order valence-electron chi connectivity index (χ1n) is 5.27. The fourth-order valence-electron chi connectivity index (χ4n) is 1.44. The number of ether oxygens (including phenoxy) is 1. The Hall–Kier alpha value is -2.07. The van der Waals surface area contributed by atoms with E-state index >= 15 is 0 Å². The molecule has 20 heavy (non-hydrogen) atoms. The van der Waals surface area contributed by atoms with Gasteiger partial charge in [0.25, 0.3) is 0 Å². The molecule has 0 atom stereocenters. The highest BCUT2D eigenvalue weighted by Crippen LogP contribution is 2.25. The van der Waals surface area contributed by atoms with Crippen molar-refractivity contribution in [1.29, 1.82) is 0 Å². The highest BCUT2D eigenvalue weighted by Gasteiger charge is 2.21. The normalized spacial score (nSPS) is 11.6. The summed E-state index contributed by atoms with van der Waals surface area (Å²) in [6, 6.07) is 1.81. The molecule has 0 radical (unpaired) electrons. The second-order valence-corrected chi connectivity index (χ2v) is 5.35. The van der Waals surface area contributed by atoms with Crippen LogP contribution in [-0.2, 0) is 23.7 Å². The molecule has 1 aromatic heterocycles. The number of halogens is 2. The highest BCUT2D eigenvalue weighted by molar-refractivity contribution is 7.89. The van der Waals surface area contributed by atoms with Crippen LogP contribution in [0.1, 0.15) is 5.82 Å². The van der Waals surface area contributed by atoms with Crippen molar-refractivity contribution in [3.05, 3.63) is 35.9 Å². The average molecular weight is 304 g/mol. The van der Waals surface area contributed by atoms with Crippen LogP contribution in [0.2, 0.25) is 0 Å². The van der Waals surface area contributed by atoms with Gasteiger partial charge in [-0.2, -0.15) is 9.49 Å². The van der Waals surface area contributed by atoms with Gasteiger partial charge in [0, 0.05) is 7.05 Å². The van der Waals surface area contributed by atoms with E-state index < -0.39 is 32.3 Å². The van der Waals surface area contributed by atoms with Gasteiger partial charge < -0.3 is 4.74 Å². The van der Waals surface area contributed by atoms with E-state index in [-0.39, 0.29) is 6.61 Å². The number of hydrogen-bond donors (Lipinski definition) is 1. The van der Waals surface area contributed by atoms with Gasteiger partial charge in [-0.05, 0) is 12.1 Å². The number of hydrogen-bond acceptors (Lipinski definition) is 5. The van der Waals surface area contributed by atoms with Gasteiger partial charge in [-0.1, -0.05) is 0 Å². The number of primary sulfonamides is 1. The Labute approximate surface area is 113 Å². The van der Waals surface area contributed by atoms with Gasteiger partial charge >= 0.3 is 0 Å². The highest BCUT2D eigenvalue weighted by atomic mass is 32.2. The third kappa shape index (κ3) is 2.75. The van der Waals surface area contributed by atoms with E-state index in [0.717, 1.165) is 12.1 Å². The number of benzene rings is 1. The lowest BCUT2D eigenvalue weighted by Gasteiger charge is -2.09. The molecule has 0 amide bonds. The van der Waals surface area contributed by atoms with Gasteiger partial charge in [0.1, 0.15) is 17.8 Å². The molecular formula is C10H10F2N4O3S. The lowest BCUT2D eigenvalue weighted by Crippen LogP contribution is -2.15. The van der Waals surface area contributed by atoms with Crippen molar-refractivity contribution in [3.63, 3.8) is 0 Å². The number of sulfonamides is 1. The van der Waals surface area contributed by atoms with E-state index in [1.807, 2.05) is 0 Å². The smallest absolute Gasteiger partial charge is 0.241 e. The molecular weight excluding hydrogens is 294 g/mol. The van der Waals surface area contributed by atoms with E-state index in [9.17, 15) is 17.2 Å². The molecule has 0 fully saturated rings. The van der Waals surface area contributed by atoms with Crippen molar-refractivity contribution in [1.82, 2.24) is 14.8 Å². The number of rotatable bonds is 4. The summed E-state index contributed by atoms with van der Waals surface area (Å²) in [6.07, 6.45) is 1.28. The van der Waals surface area contributed by atoms with Crippen molar-refractivity contribution >= 4 is 10.0 Å². The molecule has 0 bridgehead atoms. The molecule has 0 aliphatic carbocycles. The minimum Gasteiger partial charge on any atom is -0.482 e. The maximum Gasteiger partial charge on any atom is 0.241 e. The molecule has 2 N–H and O–H groups in total. The molecule has 7 nitrogen and oxygen atoms in total. The van der Waals surface area contributed by atoms with Crippen LogP contribution in [-0.4, -0.2) is 23.2 Å². The van der Waals surface area contributed by atoms with Crippen molar-refractivity contribution in [3.8, 4) is 5.75 Å². The fraction of sp³-hybridized carbons (Fsp3) is 0.200. The zero-order valence-electron chi connectivity index (χ0n) is 10.2.